The number of nitrogens with zero attached hydrogens (tertiary/aromatic N) is 5. The predicted molar refractivity (Wildman–Crippen MR) is 145 cm³/mol. The van der Waals surface area contributed by atoms with Crippen LogP contribution < -0.4 is 4.90 Å². The summed E-state index contributed by atoms with van der Waals surface area (Å²) in [4.78, 5) is 51.3. The summed E-state index contributed by atoms with van der Waals surface area (Å²) < 4.78 is 24.0. The minimum Gasteiger partial charge on any atom is -0.463 e. The van der Waals surface area contributed by atoms with Crippen molar-refractivity contribution in [3.63, 3.8) is 0 Å². The lowest BCUT2D eigenvalue weighted by Crippen LogP contribution is -2.61. The number of benzene rings is 1. The standard InChI is InChI=1S/C28H30ClN5O7/c1-15(35)38-11-20-22(39-16(2)36)23(40-17(3)37)26(41-20)34-14-30-21-24(31-27(29)32-25(21)34)33-12-28(13-33)10-6-8-18-7-4-5-9-19(18)28/h4-5,7,9,14,20,22-23,26H,6,8,10-13H2,1-3H3/t20-,22?,23?,26-/m1/s1. The average molecular weight is 584 g/mol. The van der Waals surface area contributed by atoms with Crippen molar-refractivity contribution in [1.82, 2.24) is 19.5 Å². The maximum absolute atomic E-state index is 12.1. The van der Waals surface area contributed by atoms with E-state index in [0.29, 0.717) is 17.0 Å². The highest BCUT2D eigenvalue weighted by atomic mass is 35.5. The number of hydrogen-bond acceptors (Lipinski definition) is 11. The first kappa shape index (κ1) is 27.4. The number of aromatic nitrogens is 4. The zero-order valence-corrected chi connectivity index (χ0v) is 23.7. The van der Waals surface area contributed by atoms with Gasteiger partial charge in [-0.2, -0.15) is 9.97 Å². The molecule has 2 fully saturated rings. The fourth-order valence-corrected chi connectivity index (χ4v) is 6.53. The summed E-state index contributed by atoms with van der Waals surface area (Å²) in [6.45, 7) is 5.06. The Labute approximate surface area is 240 Å². The van der Waals surface area contributed by atoms with Crippen LogP contribution in [0.4, 0.5) is 5.82 Å². The van der Waals surface area contributed by atoms with Crippen molar-refractivity contribution in [2.24, 2.45) is 0 Å². The van der Waals surface area contributed by atoms with Crippen molar-refractivity contribution >= 4 is 46.5 Å². The van der Waals surface area contributed by atoms with Gasteiger partial charge in [0, 0.05) is 39.3 Å². The second kappa shape index (κ2) is 10.6. The number of carbonyl (C=O) groups is 3. The van der Waals surface area contributed by atoms with E-state index in [1.807, 2.05) is 0 Å². The number of aryl methyl sites for hydroxylation is 1. The quantitative estimate of drug-likeness (QED) is 0.241. The third-order valence-electron chi connectivity index (χ3n) is 7.97. The molecule has 2 aromatic heterocycles. The summed E-state index contributed by atoms with van der Waals surface area (Å²) in [5.41, 5.74) is 3.71. The third kappa shape index (κ3) is 4.99. The summed E-state index contributed by atoms with van der Waals surface area (Å²) in [7, 11) is 0. The number of imidazole rings is 1. The number of carbonyl (C=O) groups excluding carboxylic acids is 3. The molecule has 0 saturated carbocycles. The highest BCUT2D eigenvalue weighted by Crippen LogP contribution is 2.46. The molecule has 0 radical (unpaired) electrons. The molecule has 13 heteroatoms. The van der Waals surface area contributed by atoms with Gasteiger partial charge >= 0.3 is 17.9 Å². The molecule has 0 amide bonds. The molecule has 4 heterocycles. The van der Waals surface area contributed by atoms with Crippen LogP contribution in [0.1, 0.15) is 51.0 Å². The Morgan fingerprint density at radius 2 is 1.78 bits per heavy atom. The lowest BCUT2D eigenvalue weighted by Gasteiger charge is -2.53. The van der Waals surface area contributed by atoms with Crippen LogP contribution in [-0.2, 0) is 45.2 Å². The lowest BCUT2D eigenvalue weighted by atomic mass is 9.65. The normalized spacial score (nSPS) is 24.5. The van der Waals surface area contributed by atoms with Gasteiger partial charge in [-0.1, -0.05) is 24.3 Å². The first-order chi connectivity index (χ1) is 19.6. The smallest absolute Gasteiger partial charge is 0.303 e. The van der Waals surface area contributed by atoms with Gasteiger partial charge in [0.2, 0.25) is 5.28 Å². The second-order valence-corrected chi connectivity index (χ2v) is 11.1. The third-order valence-corrected chi connectivity index (χ3v) is 8.14. The van der Waals surface area contributed by atoms with Crippen molar-refractivity contribution in [1.29, 1.82) is 0 Å². The van der Waals surface area contributed by atoms with E-state index < -0.39 is 42.4 Å². The fourth-order valence-electron chi connectivity index (χ4n) is 6.37. The predicted octanol–water partition coefficient (Wildman–Crippen LogP) is 2.90. The Hall–Kier alpha value is -3.77. The first-order valence-corrected chi connectivity index (χ1v) is 13.9. The summed E-state index contributed by atoms with van der Waals surface area (Å²) >= 11 is 6.43. The molecule has 1 aromatic carbocycles. The number of fused-ring (bicyclic) bond motifs is 3. The van der Waals surface area contributed by atoms with Crippen molar-refractivity contribution in [2.45, 2.75) is 70.0 Å². The van der Waals surface area contributed by atoms with Crippen molar-refractivity contribution in [2.75, 3.05) is 24.6 Å². The summed E-state index contributed by atoms with van der Waals surface area (Å²) in [5, 5.41) is 0.0225. The largest absolute Gasteiger partial charge is 0.463 e. The monoisotopic (exact) mass is 583 g/mol. The van der Waals surface area contributed by atoms with Crippen LogP contribution in [0.3, 0.4) is 0 Å². The minimum atomic E-state index is -1.07. The number of anilines is 1. The zero-order chi connectivity index (χ0) is 28.9. The molecule has 2 unspecified atom stereocenters. The van der Waals surface area contributed by atoms with E-state index in [4.69, 9.17) is 30.5 Å². The van der Waals surface area contributed by atoms with Crippen molar-refractivity contribution in [3.05, 3.63) is 47.0 Å². The molecule has 3 aromatic rings. The van der Waals surface area contributed by atoms with Gasteiger partial charge in [0.15, 0.2) is 35.4 Å². The van der Waals surface area contributed by atoms with Crippen LogP contribution in [-0.4, -0.2) is 75.4 Å². The number of ether oxygens (including phenoxy) is 4. The van der Waals surface area contributed by atoms with E-state index in [0.717, 1.165) is 32.4 Å². The van der Waals surface area contributed by atoms with Gasteiger partial charge < -0.3 is 23.8 Å². The number of hydrogen-bond donors (Lipinski definition) is 0. The second-order valence-electron chi connectivity index (χ2n) is 10.8. The van der Waals surface area contributed by atoms with Gasteiger partial charge in [-0.05, 0) is 42.0 Å². The molecule has 216 valence electrons. The van der Waals surface area contributed by atoms with Crippen molar-refractivity contribution in [3.8, 4) is 0 Å². The molecule has 1 spiro atoms. The first-order valence-electron chi connectivity index (χ1n) is 13.5. The molecule has 6 rings (SSSR count). The number of esters is 3. The van der Waals surface area contributed by atoms with Gasteiger partial charge in [-0.25, -0.2) is 4.98 Å². The molecule has 1 aliphatic carbocycles. The topological polar surface area (TPSA) is 135 Å². The van der Waals surface area contributed by atoms with Crippen molar-refractivity contribution < 1.29 is 33.3 Å². The molecule has 4 atom stereocenters. The molecule has 0 bridgehead atoms. The molecular weight excluding hydrogens is 554 g/mol. The van der Waals surface area contributed by atoms with Crippen LogP contribution in [0.25, 0.3) is 11.2 Å². The Bertz CT molecular complexity index is 1520. The molecule has 41 heavy (non-hydrogen) atoms. The maximum atomic E-state index is 12.1. The molecule has 0 N–H and O–H groups in total. The van der Waals surface area contributed by atoms with E-state index in [9.17, 15) is 14.4 Å². The zero-order valence-electron chi connectivity index (χ0n) is 22.9. The van der Waals surface area contributed by atoms with E-state index in [1.165, 1.54) is 38.2 Å². The highest BCUT2D eigenvalue weighted by Gasteiger charge is 2.52. The van der Waals surface area contributed by atoms with Crippen LogP contribution in [0, 0.1) is 0 Å². The van der Waals surface area contributed by atoms with Gasteiger partial charge in [-0.15, -0.1) is 0 Å². The summed E-state index contributed by atoms with van der Waals surface area (Å²) in [5.74, 6) is -1.15. The van der Waals surface area contributed by atoms with Gasteiger partial charge in [-0.3, -0.25) is 19.0 Å². The summed E-state index contributed by atoms with van der Waals surface area (Å²) in [6.07, 6.45) is 0.795. The Morgan fingerprint density at radius 1 is 1.05 bits per heavy atom. The Morgan fingerprint density at radius 3 is 2.51 bits per heavy atom. The van der Waals surface area contributed by atoms with Crippen LogP contribution in [0.2, 0.25) is 5.28 Å². The molecule has 12 nitrogen and oxygen atoms in total. The molecule has 2 saturated heterocycles. The summed E-state index contributed by atoms with van der Waals surface area (Å²) in [6, 6.07) is 8.61. The Balaban J connectivity index is 1.34. The maximum Gasteiger partial charge on any atom is 0.303 e. The van der Waals surface area contributed by atoms with Crippen LogP contribution in [0.5, 0.6) is 0 Å². The minimum absolute atomic E-state index is 0.0225. The van der Waals surface area contributed by atoms with E-state index in [1.54, 1.807) is 4.57 Å². The SMILES string of the molecule is CC(=O)OC[C@H]1O[C@@H](n2cnc3c(N4CC5(CCCc6ccccc65)C4)nc(Cl)nc32)C(OC(C)=O)C1OC(C)=O. The van der Waals surface area contributed by atoms with Crippen LogP contribution in [0.15, 0.2) is 30.6 Å². The van der Waals surface area contributed by atoms with E-state index >= 15 is 0 Å². The number of halogens is 1. The van der Waals surface area contributed by atoms with Gasteiger partial charge in [0.1, 0.15) is 12.7 Å². The average Bonchev–Trinajstić information content (AvgIpc) is 3.45. The fraction of sp³-hybridized carbons (Fsp3) is 0.500. The van der Waals surface area contributed by atoms with Crippen LogP contribution >= 0.6 is 11.6 Å². The molecule has 2 aliphatic heterocycles. The van der Waals surface area contributed by atoms with Gasteiger partial charge in [0.25, 0.3) is 0 Å². The van der Waals surface area contributed by atoms with E-state index in [-0.39, 0.29) is 17.3 Å². The highest BCUT2D eigenvalue weighted by molar-refractivity contribution is 6.28. The Kier molecular flexibility index (Phi) is 7.06. The van der Waals surface area contributed by atoms with Gasteiger partial charge in [0.05, 0.1) is 6.33 Å². The number of rotatable bonds is 6. The lowest BCUT2D eigenvalue weighted by molar-refractivity contribution is -0.166. The van der Waals surface area contributed by atoms with E-state index in [2.05, 4.69) is 44.1 Å². The molecule has 3 aliphatic rings. The molecular formula is C28H30ClN5O7.